The zero-order valence-electron chi connectivity index (χ0n) is 19.8. The van der Waals surface area contributed by atoms with Crippen LogP contribution in [0.5, 0.6) is 0 Å². The summed E-state index contributed by atoms with van der Waals surface area (Å²) in [7, 11) is 0. The van der Waals surface area contributed by atoms with Gasteiger partial charge in [0.05, 0.1) is 22.7 Å². The first-order chi connectivity index (χ1) is 18.0. The molecule has 0 bridgehead atoms. The van der Waals surface area contributed by atoms with Gasteiger partial charge in [-0.3, -0.25) is 19.3 Å². The van der Waals surface area contributed by atoms with Crippen molar-refractivity contribution in [3.8, 4) is 22.8 Å². The van der Waals surface area contributed by atoms with Gasteiger partial charge in [-0.25, -0.2) is 9.18 Å². The predicted octanol–water partition coefficient (Wildman–Crippen LogP) is 5.84. The number of hydrogen-bond donors (Lipinski definition) is 2. The SMILES string of the molecule is Cc1c(-c2cccc(F)c2)oc2c([C@@H](C)Nc3cccnc3-c3noc(=O)[nH]3)cc(C(F)(F)F)cc2c1=O. The maximum Gasteiger partial charge on any atom is 0.439 e. The first kappa shape index (κ1) is 24.9. The number of hydrogen-bond acceptors (Lipinski definition) is 7. The van der Waals surface area contributed by atoms with Crippen LogP contribution in [0.25, 0.3) is 33.8 Å². The Hall–Kier alpha value is -4.74. The molecule has 0 aliphatic carbocycles. The Morgan fingerprint density at radius 1 is 1.08 bits per heavy atom. The van der Waals surface area contributed by atoms with Crippen LogP contribution in [0.3, 0.4) is 0 Å². The summed E-state index contributed by atoms with van der Waals surface area (Å²) in [5.74, 6) is -1.33. The van der Waals surface area contributed by atoms with Crippen LogP contribution in [0, 0.1) is 12.7 Å². The van der Waals surface area contributed by atoms with E-state index >= 15 is 0 Å². The van der Waals surface area contributed by atoms with Crippen LogP contribution in [-0.2, 0) is 6.18 Å². The number of aromatic nitrogens is 3. The maximum atomic E-state index is 13.9. The second-order valence-electron chi connectivity index (χ2n) is 8.54. The van der Waals surface area contributed by atoms with Crippen molar-refractivity contribution in [2.75, 3.05) is 5.32 Å². The lowest BCUT2D eigenvalue weighted by Gasteiger charge is -2.20. The summed E-state index contributed by atoms with van der Waals surface area (Å²) in [5, 5.41) is 6.39. The normalized spacial score (nSPS) is 12.6. The number of benzene rings is 2. The second-order valence-corrected chi connectivity index (χ2v) is 8.54. The third-order valence-corrected chi connectivity index (χ3v) is 5.97. The van der Waals surface area contributed by atoms with E-state index in [-0.39, 0.29) is 44.9 Å². The Morgan fingerprint density at radius 2 is 1.87 bits per heavy atom. The lowest BCUT2D eigenvalue weighted by molar-refractivity contribution is -0.137. The molecule has 0 fully saturated rings. The van der Waals surface area contributed by atoms with Crippen molar-refractivity contribution >= 4 is 16.7 Å². The summed E-state index contributed by atoms with van der Waals surface area (Å²) in [5.41, 5.74) is -0.982. The van der Waals surface area contributed by atoms with Crippen molar-refractivity contribution in [2.45, 2.75) is 26.1 Å². The number of fused-ring (bicyclic) bond motifs is 1. The van der Waals surface area contributed by atoms with Crippen molar-refractivity contribution in [1.82, 2.24) is 15.1 Å². The highest BCUT2D eigenvalue weighted by Crippen LogP contribution is 2.38. The van der Waals surface area contributed by atoms with Crippen molar-refractivity contribution in [3.05, 3.63) is 98.0 Å². The topological polar surface area (TPSA) is 114 Å². The zero-order chi connectivity index (χ0) is 27.2. The molecule has 0 saturated carbocycles. The highest BCUT2D eigenvalue weighted by Gasteiger charge is 2.33. The fourth-order valence-electron chi connectivity index (χ4n) is 4.16. The Bertz CT molecular complexity index is 1790. The van der Waals surface area contributed by atoms with Gasteiger partial charge in [-0.15, -0.1) is 0 Å². The van der Waals surface area contributed by atoms with E-state index in [1.165, 1.54) is 37.4 Å². The quantitative estimate of drug-likeness (QED) is 0.277. The minimum atomic E-state index is -4.75. The van der Waals surface area contributed by atoms with Crippen LogP contribution in [0.1, 0.15) is 29.7 Å². The highest BCUT2D eigenvalue weighted by molar-refractivity contribution is 5.85. The Balaban J connectivity index is 1.71. The van der Waals surface area contributed by atoms with Gasteiger partial charge in [0, 0.05) is 22.9 Å². The van der Waals surface area contributed by atoms with Gasteiger partial charge >= 0.3 is 11.9 Å². The average molecular weight is 526 g/mol. The van der Waals surface area contributed by atoms with Gasteiger partial charge in [0.2, 0.25) is 5.82 Å². The molecule has 3 heterocycles. The molecule has 0 amide bonds. The Labute approximate surface area is 210 Å². The molecule has 38 heavy (non-hydrogen) atoms. The van der Waals surface area contributed by atoms with Crippen molar-refractivity contribution in [1.29, 1.82) is 0 Å². The number of rotatable bonds is 5. The van der Waals surface area contributed by atoms with Crippen LogP contribution < -0.4 is 16.5 Å². The number of pyridine rings is 1. The number of halogens is 4. The monoisotopic (exact) mass is 526 g/mol. The first-order valence-corrected chi connectivity index (χ1v) is 11.3. The molecule has 8 nitrogen and oxygen atoms in total. The molecule has 3 aromatic heterocycles. The predicted molar refractivity (Wildman–Crippen MR) is 130 cm³/mol. The van der Waals surface area contributed by atoms with E-state index in [0.29, 0.717) is 5.69 Å². The summed E-state index contributed by atoms with van der Waals surface area (Å²) in [4.78, 5) is 31.2. The molecule has 0 aliphatic heterocycles. The zero-order valence-corrected chi connectivity index (χ0v) is 19.8. The fraction of sp³-hybridized carbons (Fsp3) is 0.154. The number of nitrogens with one attached hydrogen (secondary N) is 2. The molecular formula is C26H18F4N4O4. The number of aromatic amines is 1. The Morgan fingerprint density at radius 3 is 2.55 bits per heavy atom. The molecule has 0 spiro atoms. The van der Waals surface area contributed by atoms with Crippen LogP contribution in [0.4, 0.5) is 23.2 Å². The Kier molecular flexibility index (Phi) is 6.09. The van der Waals surface area contributed by atoms with E-state index in [0.717, 1.165) is 12.1 Å². The highest BCUT2D eigenvalue weighted by atomic mass is 19.4. The number of alkyl halides is 3. The van der Waals surface area contributed by atoms with Gasteiger partial charge in [-0.05, 0) is 50.2 Å². The largest absolute Gasteiger partial charge is 0.455 e. The van der Waals surface area contributed by atoms with E-state index in [1.807, 2.05) is 0 Å². The molecule has 0 unspecified atom stereocenters. The molecular weight excluding hydrogens is 508 g/mol. The van der Waals surface area contributed by atoms with E-state index in [2.05, 4.69) is 25.0 Å². The van der Waals surface area contributed by atoms with Crippen molar-refractivity contribution in [2.24, 2.45) is 0 Å². The van der Waals surface area contributed by atoms with Gasteiger partial charge in [0.15, 0.2) is 5.43 Å². The third kappa shape index (κ3) is 4.56. The number of anilines is 1. The molecule has 2 N–H and O–H groups in total. The molecule has 0 aliphatic rings. The third-order valence-electron chi connectivity index (χ3n) is 5.97. The van der Waals surface area contributed by atoms with Gasteiger partial charge in [0.1, 0.15) is 22.9 Å². The van der Waals surface area contributed by atoms with Crippen molar-refractivity contribution < 1.29 is 26.5 Å². The van der Waals surface area contributed by atoms with Crippen LogP contribution >= 0.6 is 0 Å². The fourth-order valence-corrected chi connectivity index (χ4v) is 4.16. The summed E-state index contributed by atoms with van der Waals surface area (Å²) in [6.45, 7) is 2.98. The standard InChI is InChI=1S/C26H18F4N4O4/c1-12-21(35)18-11-15(26(28,29)30)10-17(23(18)37-22(12)14-5-3-6-16(27)9-14)13(2)32-19-7-4-8-31-20(19)24-33-25(36)38-34-24/h3-11,13,32H,1-2H3,(H,33,34,36)/t13-/m1/s1. The van der Waals surface area contributed by atoms with Gasteiger partial charge in [-0.1, -0.05) is 17.3 Å². The minimum absolute atomic E-state index is 0.00903. The maximum absolute atomic E-state index is 13.9. The molecule has 5 aromatic rings. The van der Waals surface area contributed by atoms with Gasteiger partial charge < -0.3 is 9.73 Å². The van der Waals surface area contributed by atoms with E-state index < -0.39 is 34.8 Å². The summed E-state index contributed by atoms with van der Waals surface area (Å²) < 4.78 is 66.0. The summed E-state index contributed by atoms with van der Waals surface area (Å²) in [6, 6.07) is 9.29. The lowest BCUT2D eigenvalue weighted by atomic mass is 9.98. The van der Waals surface area contributed by atoms with Crippen LogP contribution in [-0.4, -0.2) is 15.1 Å². The van der Waals surface area contributed by atoms with E-state index in [9.17, 15) is 27.2 Å². The van der Waals surface area contributed by atoms with E-state index in [1.54, 1.807) is 19.1 Å². The molecule has 0 saturated heterocycles. The second kappa shape index (κ2) is 9.29. The smallest absolute Gasteiger partial charge is 0.439 e. The van der Waals surface area contributed by atoms with Crippen LogP contribution in [0.2, 0.25) is 0 Å². The molecule has 0 radical (unpaired) electrons. The molecule has 1 atom stereocenters. The summed E-state index contributed by atoms with van der Waals surface area (Å²) in [6.07, 6.45) is -3.31. The summed E-state index contributed by atoms with van der Waals surface area (Å²) >= 11 is 0. The molecule has 5 rings (SSSR count). The molecule has 194 valence electrons. The van der Waals surface area contributed by atoms with Gasteiger partial charge in [0.25, 0.3) is 0 Å². The number of nitrogens with zero attached hydrogens (tertiary/aromatic N) is 2. The number of H-pyrrole nitrogens is 1. The van der Waals surface area contributed by atoms with Crippen molar-refractivity contribution in [3.63, 3.8) is 0 Å². The molecule has 2 aromatic carbocycles. The minimum Gasteiger partial charge on any atom is -0.455 e. The lowest BCUT2D eigenvalue weighted by Crippen LogP contribution is -2.15. The van der Waals surface area contributed by atoms with Crippen LogP contribution in [0.15, 0.2) is 73.3 Å². The van der Waals surface area contributed by atoms with E-state index in [4.69, 9.17) is 4.42 Å². The van der Waals surface area contributed by atoms with Gasteiger partial charge in [-0.2, -0.15) is 13.2 Å². The molecule has 12 heteroatoms. The first-order valence-electron chi connectivity index (χ1n) is 11.3. The average Bonchev–Trinajstić information content (AvgIpc) is 3.31.